The molecule has 4 heteroatoms. The summed E-state index contributed by atoms with van der Waals surface area (Å²) in [6, 6.07) is 0.264. The molecule has 0 aliphatic heterocycles. The minimum Gasteiger partial charge on any atom is -0.352 e. The van der Waals surface area contributed by atoms with Crippen molar-refractivity contribution in [2.24, 2.45) is 11.1 Å². The van der Waals surface area contributed by atoms with Crippen LogP contribution < -0.4 is 11.1 Å². The normalized spacial score (nSPS) is 31.4. The Morgan fingerprint density at radius 3 is 2.88 bits per heavy atom. The maximum atomic E-state index is 12.2. The van der Waals surface area contributed by atoms with Crippen molar-refractivity contribution in [2.45, 2.75) is 52.1 Å². The van der Waals surface area contributed by atoms with Crippen LogP contribution in [-0.4, -0.2) is 29.5 Å². The van der Waals surface area contributed by atoms with E-state index in [0.717, 1.165) is 30.8 Å². The first-order valence-electron chi connectivity index (χ1n) is 6.15. The van der Waals surface area contributed by atoms with Gasteiger partial charge in [0.25, 0.3) is 0 Å². The highest BCUT2D eigenvalue weighted by atomic mass is 32.2. The largest absolute Gasteiger partial charge is 0.352 e. The van der Waals surface area contributed by atoms with Crippen molar-refractivity contribution < 1.29 is 4.79 Å². The summed E-state index contributed by atoms with van der Waals surface area (Å²) in [6.07, 6.45) is 2.97. The number of nitrogens with two attached hydrogens (primary N) is 1. The van der Waals surface area contributed by atoms with E-state index in [1.807, 2.05) is 18.7 Å². The molecule has 3 unspecified atom stereocenters. The maximum Gasteiger partial charge on any atom is 0.227 e. The number of nitrogens with one attached hydrogen (secondary N) is 1. The molecule has 0 aromatic heterocycles. The molecule has 0 aromatic rings. The summed E-state index contributed by atoms with van der Waals surface area (Å²) in [4.78, 5) is 12.2. The van der Waals surface area contributed by atoms with E-state index in [1.165, 1.54) is 0 Å². The number of thioether (sulfide) groups is 1. The van der Waals surface area contributed by atoms with Crippen LogP contribution in [0, 0.1) is 5.41 Å². The summed E-state index contributed by atoms with van der Waals surface area (Å²) in [7, 11) is 0. The number of carbonyl (C=O) groups excluding carboxylic acids is 1. The molecule has 0 saturated heterocycles. The maximum absolute atomic E-state index is 12.2. The van der Waals surface area contributed by atoms with Crippen LogP contribution in [0.2, 0.25) is 0 Å². The summed E-state index contributed by atoms with van der Waals surface area (Å²) >= 11 is 1.85. The van der Waals surface area contributed by atoms with Crippen LogP contribution in [0.25, 0.3) is 0 Å². The minimum absolute atomic E-state index is 0.0264. The molecule has 0 radical (unpaired) electrons. The second-order valence-electron chi connectivity index (χ2n) is 4.95. The molecular formula is C12H24N2OS. The third-order valence-corrected chi connectivity index (χ3v) is 4.64. The van der Waals surface area contributed by atoms with Crippen LogP contribution in [0.3, 0.4) is 0 Å². The predicted molar refractivity (Wildman–Crippen MR) is 70.5 cm³/mol. The van der Waals surface area contributed by atoms with E-state index in [1.54, 1.807) is 0 Å². The van der Waals surface area contributed by atoms with E-state index in [9.17, 15) is 4.79 Å². The van der Waals surface area contributed by atoms with E-state index < -0.39 is 0 Å². The number of hydrogen-bond donors (Lipinski definition) is 2. The molecule has 1 amide bonds. The summed E-state index contributed by atoms with van der Waals surface area (Å²) in [5.41, 5.74) is 5.68. The molecule has 0 bridgehead atoms. The first-order valence-corrected chi connectivity index (χ1v) is 7.30. The van der Waals surface area contributed by atoms with Crippen molar-refractivity contribution in [2.75, 3.05) is 11.5 Å². The van der Waals surface area contributed by atoms with E-state index in [0.29, 0.717) is 0 Å². The van der Waals surface area contributed by atoms with Crippen molar-refractivity contribution >= 4 is 17.7 Å². The van der Waals surface area contributed by atoms with Gasteiger partial charge in [0.2, 0.25) is 5.91 Å². The Balaban J connectivity index is 2.45. The monoisotopic (exact) mass is 244 g/mol. The van der Waals surface area contributed by atoms with Gasteiger partial charge in [-0.3, -0.25) is 4.79 Å². The lowest BCUT2D eigenvalue weighted by Gasteiger charge is -2.29. The van der Waals surface area contributed by atoms with Crippen molar-refractivity contribution in [3.63, 3.8) is 0 Å². The van der Waals surface area contributed by atoms with Crippen LogP contribution in [0.5, 0.6) is 0 Å². The lowest BCUT2D eigenvalue weighted by Crippen LogP contribution is -2.50. The molecule has 1 fully saturated rings. The Morgan fingerprint density at radius 2 is 2.38 bits per heavy atom. The first kappa shape index (κ1) is 13.8. The zero-order valence-corrected chi connectivity index (χ0v) is 11.4. The molecule has 0 heterocycles. The minimum atomic E-state index is -0.342. The lowest BCUT2D eigenvalue weighted by atomic mass is 9.84. The number of carbonyl (C=O) groups is 1. The smallest absolute Gasteiger partial charge is 0.227 e. The average Bonchev–Trinajstić information content (AvgIpc) is 2.57. The second kappa shape index (κ2) is 5.92. The standard InChI is InChI=1S/C12H24N2OS/c1-4-16-8-9(2)14-11(15)12(3)7-5-6-10(12)13/h9-10H,4-8,13H2,1-3H3,(H,14,15). The summed E-state index contributed by atoms with van der Waals surface area (Å²) in [5.74, 6) is 2.21. The van der Waals surface area contributed by atoms with Crippen LogP contribution >= 0.6 is 11.8 Å². The Bertz CT molecular complexity index is 247. The Hall–Kier alpha value is -0.220. The van der Waals surface area contributed by atoms with Gasteiger partial charge in [-0.2, -0.15) is 11.8 Å². The molecule has 3 nitrogen and oxygen atoms in total. The van der Waals surface area contributed by atoms with Crippen LogP contribution in [-0.2, 0) is 4.79 Å². The fourth-order valence-corrected chi connectivity index (χ4v) is 2.87. The van der Waals surface area contributed by atoms with Crippen molar-refractivity contribution in [3.05, 3.63) is 0 Å². The van der Waals surface area contributed by atoms with E-state index >= 15 is 0 Å². The third kappa shape index (κ3) is 3.14. The summed E-state index contributed by atoms with van der Waals surface area (Å²) < 4.78 is 0. The van der Waals surface area contributed by atoms with Gasteiger partial charge >= 0.3 is 0 Å². The molecule has 94 valence electrons. The van der Waals surface area contributed by atoms with Crippen LogP contribution in [0.4, 0.5) is 0 Å². The number of rotatable bonds is 5. The Morgan fingerprint density at radius 1 is 1.69 bits per heavy atom. The molecule has 0 aromatic carbocycles. The molecule has 1 rings (SSSR count). The third-order valence-electron chi connectivity index (χ3n) is 3.50. The van der Waals surface area contributed by atoms with Gasteiger partial charge in [-0.25, -0.2) is 0 Å². The van der Waals surface area contributed by atoms with Crippen molar-refractivity contribution in [1.29, 1.82) is 0 Å². The van der Waals surface area contributed by atoms with Crippen LogP contribution in [0.1, 0.15) is 40.0 Å². The molecule has 0 spiro atoms. The van der Waals surface area contributed by atoms with Crippen molar-refractivity contribution in [1.82, 2.24) is 5.32 Å². The van der Waals surface area contributed by atoms with Gasteiger partial charge in [0, 0.05) is 17.8 Å². The SMILES string of the molecule is CCSCC(C)NC(=O)C1(C)CCCC1N. The highest BCUT2D eigenvalue weighted by Crippen LogP contribution is 2.36. The van der Waals surface area contributed by atoms with E-state index in [2.05, 4.69) is 19.2 Å². The van der Waals surface area contributed by atoms with Gasteiger partial charge in [-0.15, -0.1) is 0 Å². The van der Waals surface area contributed by atoms with Gasteiger partial charge in [-0.1, -0.05) is 13.3 Å². The van der Waals surface area contributed by atoms with Crippen molar-refractivity contribution in [3.8, 4) is 0 Å². The molecule has 3 N–H and O–H groups in total. The average molecular weight is 244 g/mol. The van der Waals surface area contributed by atoms with E-state index in [-0.39, 0.29) is 23.4 Å². The fourth-order valence-electron chi connectivity index (χ4n) is 2.20. The Kier molecular flexibility index (Phi) is 5.12. The number of amides is 1. The topological polar surface area (TPSA) is 55.1 Å². The highest BCUT2D eigenvalue weighted by Gasteiger charge is 2.43. The zero-order valence-electron chi connectivity index (χ0n) is 10.6. The fraction of sp³-hybridized carbons (Fsp3) is 0.917. The molecular weight excluding hydrogens is 220 g/mol. The molecule has 1 aliphatic carbocycles. The molecule has 3 atom stereocenters. The van der Waals surface area contributed by atoms with Gasteiger partial charge in [0.05, 0.1) is 5.41 Å². The first-order chi connectivity index (χ1) is 7.50. The van der Waals surface area contributed by atoms with Crippen LogP contribution in [0.15, 0.2) is 0 Å². The predicted octanol–water partition coefficient (Wildman–Crippen LogP) is 1.76. The van der Waals surface area contributed by atoms with Gasteiger partial charge in [-0.05, 0) is 32.4 Å². The number of hydrogen-bond acceptors (Lipinski definition) is 3. The second-order valence-corrected chi connectivity index (χ2v) is 6.27. The molecule has 1 aliphatic rings. The summed E-state index contributed by atoms with van der Waals surface area (Å²) in [5, 5.41) is 3.09. The lowest BCUT2D eigenvalue weighted by molar-refractivity contribution is -0.131. The highest BCUT2D eigenvalue weighted by molar-refractivity contribution is 7.99. The molecule has 1 saturated carbocycles. The van der Waals surface area contributed by atoms with Gasteiger partial charge in [0.1, 0.15) is 0 Å². The van der Waals surface area contributed by atoms with Gasteiger partial charge < -0.3 is 11.1 Å². The van der Waals surface area contributed by atoms with E-state index in [4.69, 9.17) is 5.73 Å². The summed E-state index contributed by atoms with van der Waals surface area (Å²) in [6.45, 7) is 6.19. The molecule has 16 heavy (non-hydrogen) atoms. The zero-order chi connectivity index (χ0) is 12.2. The van der Waals surface area contributed by atoms with Gasteiger partial charge in [0.15, 0.2) is 0 Å². The quantitative estimate of drug-likeness (QED) is 0.775. The Labute approximate surface area is 103 Å².